The molecular weight excluding hydrogens is 384 g/mol. The first-order valence-electron chi connectivity index (χ1n) is 9.44. The highest BCUT2D eigenvalue weighted by molar-refractivity contribution is 5.88. The van der Waals surface area contributed by atoms with Gasteiger partial charge in [0.1, 0.15) is 0 Å². The molecule has 0 bridgehead atoms. The van der Waals surface area contributed by atoms with Gasteiger partial charge in [-0.1, -0.05) is 11.2 Å². The predicted molar refractivity (Wildman–Crippen MR) is 96.2 cm³/mol. The number of hydrogen-bond donors (Lipinski definition) is 1. The van der Waals surface area contributed by atoms with Crippen LogP contribution in [0.1, 0.15) is 41.3 Å². The third-order valence-electron chi connectivity index (χ3n) is 5.66. The smallest absolute Gasteiger partial charge is 0.290 e. The second-order valence-corrected chi connectivity index (χ2v) is 7.70. The van der Waals surface area contributed by atoms with Gasteiger partial charge in [-0.15, -0.1) is 0 Å². The number of hydrogen-bond acceptors (Lipinski definition) is 6. The molecule has 1 aromatic heterocycles. The van der Waals surface area contributed by atoms with Crippen LogP contribution in [-0.4, -0.2) is 51.4 Å². The van der Waals surface area contributed by atoms with E-state index < -0.39 is 23.0 Å². The summed E-state index contributed by atoms with van der Waals surface area (Å²) in [4.78, 5) is 32.0. The number of nitrogens with zero attached hydrogens (tertiary/aromatic N) is 4. The highest BCUT2D eigenvalue weighted by Crippen LogP contribution is 2.40. The zero-order chi connectivity index (χ0) is 20.6. The van der Waals surface area contributed by atoms with E-state index in [1.807, 2.05) is 4.90 Å². The van der Waals surface area contributed by atoms with Crippen LogP contribution in [0.2, 0.25) is 0 Å². The van der Waals surface area contributed by atoms with Crippen LogP contribution in [0.25, 0.3) is 0 Å². The number of rotatable bonds is 5. The van der Waals surface area contributed by atoms with E-state index in [0.29, 0.717) is 38.2 Å². The number of piperidine rings is 1. The molecule has 1 atom stereocenters. The molecule has 0 unspecified atom stereocenters. The molecule has 2 saturated heterocycles. The van der Waals surface area contributed by atoms with E-state index in [1.54, 1.807) is 4.90 Å². The van der Waals surface area contributed by atoms with Crippen LogP contribution in [0, 0.1) is 17.0 Å². The van der Waals surface area contributed by atoms with Crippen LogP contribution in [0.3, 0.4) is 0 Å². The minimum atomic E-state index is -0.913. The van der Waals surface area contributed by atoms with E-state index in [9.17, 15) is 18.4 Å². The number of likely N-dealkylation sites (tertiary alicyclic amines) is 2. The van der Waals surface area contributed by atoms with Crippen molar-refractivity contribution in [2.45, 2.75) is 32.4 Å². The van der Waals surface area contributed by atoms with Gasteiger partial charge >= 0.3 is 0 Å². The maximum Gasteiger partial charge on any atom is 0.290 e. The van der Waals surface area contributed by atoms with Crippen LogP contribution >= 0.6 is 0 Å². The lowest BCUT2D eigenvalue weighted by Crippen LogP contribution is -2.49. The van der Waals surface area contributed by atoms with Gasteiger partial charge in [-0.2, -0.15) is 4.98 Å². The lowest BCUT2D eigenvalue weighted by atomic mass is 9.78. The summed E-state index contributed by atoms with van der Waals surface area (Å²) in [5.74, 6) is -2.43. The van der Waals surface area contributed by atoms with E-state index >= 15 is 0 Å². The molecule has 0 aliphatic carbocycles. The van der Waals surface area contributed by atoms with E-state index in [-0.39, 0.29) is 24.2 Å². The average Bonchev–Trinajstić information content (AvgIpc) is 3.31. The van der Waals surface area contributed by atoms with Crippen LogP contribution < -0.4 is 5.73 Å². The molecule has 2 aromatic rings. The molecule has 2 N–H and O–H groups in total. The molecule has 3 heterocycles. The molecule has 1 aromatic carbocycles. The highest BCUT2D eigenvalue weighted by Gasteiger charge is 2.48. The number of primary amides is 1. The molecule has 154 valence electrons. The minimum Gasteiger partial charge on any atom is -0.363 e. The van der Waals surface area contributed by atoms with Gasteiger partial charge in [-0.3, -0.25) is 14.5 Å². The fourth-order valence-corrected chi connectivity index (χ4v) is 4.24. The normalized spacial score (nSPS) is 22.6. The van der Waals surface area contributed by atoms with Gasteiger partial charge in [0, 0.05) is 19.6 Å². The lowest BCUT2D eigenvalue weighted by molar-refractivity contribution is -0.146. The van der Waals surface area contributed by atoms with Gasteiger partial charge in [0.05, 0.1) is 12.0 Å². The third kappa shape index (κ3) is 3.84. The Morgan fingerprint density at radius 3 is 2.76 bits per heavy atom. The van der Waals surface area contributed by atoms with Crippen molar-refractivity contribution < 1.29 is 22.9 Å². The quantitative estimate of drug-likeness (QED) is 0.807. The van der Waals surface area contributed by atoms with E-state index in [1.165, 1.54) is 6.07 Å². The van der Waals surface area contributed by atoms with Gasteiger partial charge in [0.2, 0.25) is 11.8 Å². The largest absolute Gasteiger partial charge is 0.363 e. The van der Waals surface area contributed by atoms with Gasteiger partial charge in [0.25, 0.3) is 11.7 Å². The van der Waals surface area contributed by atoms with Crippen LogP contribution in [-0.2, 0) is 17.9 Å². The summed E-state index contributed by atoms with van der Waals surface area (Å²) < 4.78 is 31.7. The molecule has 2 aliphatic rings. The maximum absolute atomic E-state index is 13.5. The lowest BCUT2D eigenvalue weighted by Gasteiger charge is -2.39. The van der Waals surface area contributed by atoms with E-state index in [2.05, 4.69) is 10.1 Å². The molecule has 4 rings (SSSR count). The topological polar surface area (TPSA) is 106 Å². The third-order valence-corrected chi connectivity index (χ3v) is 5.66. The van der Waals surface area contributed by atoms with Crippen molar-refractivity contribution in [3.05, 3.63) is 47.1 Å². The summed E-state index contributed by atoms with van der Waals surface area (Å²) in [6.07, 6.45) is 2.31. The van der Waals surface area contributed by atoms with Crippen LogP contribution in [0.4, 0.5) is 8.78 Å². The Balaban J connectivity index is 1.42. The van der Waals surface area contributed by atoms with Crippen molar-refractivity contribution >= 4 is 11.8 Å². The fraction of sp³-hybridized carbons (Fsp3) is 0.474. The molecule has 2 aliphatic heterocycles. The zero-order valence-corrected chi connectivity index (χ0v) is 15.7. The Bertz CT molecular complexity index is 950. The highest BCUT2D eigenvalue weighted by atomic mass is 19.2. The Hall–Kier alpha value is -2.88. The second-order valence-electron chi connectivity index (χ2n) is 7.70. The molecule has 0 saturated carbocycles. The van der Waals surface area contributed by atoms with Crippen LogP contribution in [0.5, 0.6) is 0 Å². The van der Waals surface area contributed by atoms with Gasteiger partial charge in [-0.25, -0.2) is 8.78 Å². The molecular formula is C19H21F2N5O3. The van der Waals surface area contributed by atoms with Crippen molar-refractivity contribution in [1.82, 2.24) is 19.9 Å². The van der Waals surface area contributed by atoms with Crippen molar-refractivity contribution in [2.75, 3.05) is 19.6 Å². The first-order valence-corrected chi connectivity index (χ1v) is 9.44. The standard InChI is InChI=1S/C19H21F2N5O3/c20-13-3-2-12(8-14(13)21)9-26-6-1-4-19(18(26)28)5-7-25(11-19)10-15-23-17(16(22)27)24-29-15/h2-3,8H,1,4-7,9-11H2,(H2,22,27)/t19-/m1/s1. The summed E-state index contributed by atoms with van der Waals surface area (Å²) in [7, 11) is 0. The number of carbonyl (C=O) groups excluding carboxylic acids is 2. The van der Waals surface area contributed by atoms with Gasteiger partial charge in [-0.05, 0) is 43.5 Å². The number of carbonyl (C=O) groups is 2. The first kappa shape index (κ1) is 19.4. The number of nitrogens with two attached hydrogens (primary N) is 1. The Morgan fingerprint density at radius 2 is 2.03 bits per heavy atom. The van der Waals surface area contributed by atoms with Crippen molar-refractivity contribution in [2.24, 2.45) is 11.1 Å². The Morgan fingerprint density at radius 1 is 1.21 bits per heavy atom. The van der Waals surface area contributed by atoms with E-state index in [4.69, 9.17) is 10.3 Å². The second kappa shape index (κ2) is 7.51. The molecule has 0 radical (unpaired) electrons. The SMILES string of the molecule is NC(=O)c1noc(CN2CC[C@]3(CCCN(Cc4ccc(F)c(F)c4)C3=O)C2)n1. The summed E-state index contributed by atoms with van der Waals surface area (Å²) in [5, 5.41) is 3.53. The maximum atomic E-state index is 13.5. The number of amides is 2. The molecule has 2 amide bonds. The fourth-order valence-electron chi connectivity index (χ4n) is 4.24. The molecule has 8 nitrogen and oxygen atoms in total. The molecule has 1 spiro atoms. The van der Waals surface area contributed by atoms with Crippen LogP contribution in [0.15, 0.2) is 22.7 Å². The summed E-state index contributed by atoms with van der Waals surface area (Å²) >= 11 is 0. The molecule has 29 heavy (non-hydrogen) atoms. The monoisotopic (exact) mass is 405 g/mol. The Labute approximate surface area is 165 Å². The van der Waals surface area contributed by atoms with Crippen molar-refractivity contribution in [3.8, 4) is 0 Å². The van der Waals surface area contributed by atoms with Gasteiger partial charge in [0.15, 0.2) is 11.6 Å². The first-order chi connectivity index (χ1) is 13.9. The summed E-state index contributed by atoms with van der Waals surface area (Å²) in [6, 6.07) is 3.72. The zero-order valence-electron chi connectivity index (χ0n) is 15.7. The van der Waals surface area contributed by atoms with Crippen molar-refractivity contribution in [1.29, 1.82) is 0 Å². The van der Waals surface area contributed by atoms with Crippen molar-refractivity contribution in [3.63, 3.8) is 0 Å². The molecule has 10 heteroatoms. The summed E-state index contributed by atoms with van der Waals surface area (Å²) in [5.41, 5.74) is 5.18. The minimum absolute atomic E-state index is 0.0272. The van der Waals surface area contributed by atoms with Gasteiger partial charge < -0.3 is 15.2 Å². The number of benzene rings is 1. The number of halogens is 2. The Kier molecular flexibility index (Phi) is 5.03. The van der Waals surface area contributed by atoms with E-state index in [0.717, 1.165) is 25.0 Å². The molecule has 2 fully saturated rings. The predicted octanol–water partition coefficient (Wildman–Crippen LogP) is 1.46. The average molecular weight is 405 g/mol. The number of aromatic nitrogens is 2. The summed E-state index contributed by atoms with van der Waals surface area (Å²) in [6.45, 7) is 2.39.